The fraction of sp³-hybridized carbons (Fsp3) is 0.304. The maximum atomic E-state index is 11.3. The summed E-state index contributed by atoms with van der Waals surface area (Å²) in [5, 5.41) is 36.5. The number of rotatable bonds is 9. The third kappa shape index (κ3) is 14.7. The van der Waals surface area contributed by atoms with Crippen LogP contribution < -0.4 is 22.5 Å². The van der Waals surface area contributed by atoms with Gasteiger partial charge >= 0.3 is 17.9 Å². The maximum absolute atomic E-state index is 11.3. The SMILES string of the molecule is C[C@H](N)C(=O)N[C@@H](Cc1ccccc1)C(=O)O.NCC(=O)O.N[C@@H](Cc1ccc(O)cc1)C(=O)O. The van der Waals surface area contributed by atoms with E-state index >= 15 is 0 Å². The third-order valence-electron chi connectivity index (χ3n) is 4.19. The Hall–Kier alpha value is -4.00. The van der Waals surface area contributed by atoms with Crippen LogP contribution in [-0.4, -0.2) is 68.9 Å². The van der Waals surface area contributed by atoms with Gasteiger partial charge < -0.3 is 42.9 Å². The third-order valence-corrected chi connectivity index (χ3v) is 4.19. The van der Waals surface area contributed by atoms with E-state index in [9.17, 15) is 19.2 Å². The van der Waals surface area contributed by atoms with Crippen LogP contribution in [0.5, 0.6) is 5.75 Å². The summed E-state index contributed by atoms with van der Waals surface area (Å²) < 4.78 is 0. The average molecular weight is 493 g/mol. The second-order valence-corrected chi connectivity index (χ2v) is 7.29. The van der Waals surface area contributed by atoms with Gasteiger partial charge in [0.2, 0.25) is 5.91 Å². The van der Waals surface area contributed by atoms with Gasteiger partial charge in [-0.3, -0.25) is 14.4 Å². The van der Waals surface area contributed by atoms with E-state index in [1.165, 1.54) is 19.1 Å². The second-order valence-electron chi connectivity index (χ2n) is 7.29. The maximum Gasteiger partial charge on any atom is 0.326 e. The van der Waals surface area contributed by atoms with Crippen LogP contribution in [0.1, 0.15) is 18.1 Å². The van der Waals surface area contributed by atoms with Crippen molar-refractivity contribution in [2.75, 3.05) is 6.54 Å². The van der Waals surface area contributed by atoms with Crippen molar-refractivity contribution in [1.29, 1.82) is 0 Å². The Morgan fingerprint density at radius 3 is 1.71 bits per heavy atom. The first-order valence-corrected chi connectivity index (χ1v) is 10.4. The summed E-state index contributed by atoms with van der Waals surface area (Å²) >= 11 is 0. The number of benzene rings is 2. The molecule has 0 unspecified atom stereocenters. The van der Waals surface area contributed by atoms with Crippen molar-refractivity contribution in [2.24, 2.45) is 17.2 Å². The van der Waals surface area contributed by atoms with Crippen LogP contribution in [0, 0.1) is 0 Å². The molecule has 12 nitrogen and oxygen atoms in total. The molecule has 0 heterocycles. The second kappa shape index (κ2) is 16.6. The van der Waals surface area contributed by atoms with Crippen LogP contribution in [0.3, 0.4) is 0 Å². The van der Waals surface area contributed by atoms with Crippen molar-refractivity contribution in [3.05, 3.63) is 65.7 Å². The summed E-state index contributed by atoms with van der Waals surface area (Å²) in [7, 11) is 0. The van der Waals surface area contributed by atoms with Crippen molar-refractivity contribution in [1.82, 2.24) is 5.32 Å². The quantitative estimate of drug-likeness (QED) is 0.222. The molecule has 2 aromatic carbocycles. The number of phenolic OH excluding ortho intramolecular Hbond substituents is 1. The molecule has 0 aliphatic rings. The number of carboxylic acid groups (broad SMARTS) is 3. The number of hydrogen-bond acceptors (Lipinski definition) is 8. The topological polar surface area (TPSA) is 239 Å². The first-order valence-electron chi connectivity index (χ1n) is 10.4. The number of aliphatic carboxylic acids is 3. The summed E-state index contributed by atoms with van der Waals surface area (Å²) in [4.78, 5) is 42.0. The minimum atomic E-state index is -1.07. The molecule has 0 aliphatic heterocycles. The number of nitrogens with one attached hydrogen (secondary N) is 1. The number of hydrogen-bond donors (Lipinski definition) is 8. The zero-order valence-corrected chi connectivity index (χ0v) is 19.2. The normalized spacial score (nSPS) is 12.3. The molecule has 0 bridgehead atoms. The van der Waals surface area contributed by atoms with E-state index in [1.54, 1.807) is 12.1 Å². The monoisotopic (exact) mass is 492 g/mol. The van der Waals surface area contributed by atoms with Crippen LogP contribution in [0.25, 0.3) is 0 Å². The van der Waals surface area contributed by atoms with Gasteiger partial charge in [0.15, 0.2) is 0 Å². The van der Waals surface area contributed by atoms with E-state index in [4.69, 9.17) is 31.9 Å². The standard InChI is InChI=1S/C12H16N2O3.C9H11NO3.C2H5NO2/c1-8(13)11(15)14-10(12(16)17)7-9-5-3-2-4-6-9;10-8(9(12)13)5-6-1-3-7(11)4-2-6;3-1-2(4)5/h2-6,8,10H,7,13H2,1H3,(H,14,15)(H,16,17);1-4,8,11H,5,10H2,(H,12,13);1,3H2,(H,4,5)/t8-,10-;8-;/m00./s1. The summed E-state index contributed by atoms with van der Waals surface area (Å²) in [5.74, 6) is -3.36. The van der Waals surface area contributed by atoms with Crippen LogP contribution >= 0.6 is 0 Å². The Morgan fingerprint density at radius 1 is 0.829 bits per heavy atom. The Kier molecular flexibility index (Phi) is 14.7. The smallest absolute Gasteiger partial charge is 0.326 e. The molecule has 0 saturated heterocycles. The van der Waals surface area contributed by atoms with Crippen molar-refractivity contribution in [2.45, 2.75) is 37.9 Å². The minimum Gasteiger partial charge on any atom is -0.508 e. The van der Waals surface area contributed by atoms with Gasteiger partial charge in [-0.2, -0.15) is 0 Å². The fourth-order valence-electron chi connectivity index (χ4n) is 2.33. The van der Waals surface area contributed by atoms with Crippen molar-refractivity contribution in [3.63, 3.8) is 0 Å². The number of carboxylic acids is 3. The first kappa shape index (κ1) is 31.0. The molecule has 11 N–H and O–H groups in total. The van der Waals surface area contributed by atoms with Gasteiger partial charge in [0, 0.05) is 6.42 Å². The molecule has 2 aromatic rings. The molecule has 3 atom stereocenters. The molecular weight excluding hydrogens is 460 g/mol. The lowest BCUT2D eigenvalue weighted by molar-refractivity contribution is -0.142. The van der Waals surface area contributed by atoms with Gasteiger partial charge in [-0.15, -0.1) is 0 Å². The molecular formula is C23H32N4O8. The highest BCUT2D eigenvalue weighted by Gasteiger charge is 2.21. The van der Waals surface area contributed by atoms with Gasteiger partial charge in [0.25, 0.3) is 0 Å². The average Bonchev–Trinajstić information content (AvgIpc) is 2.81. The van der Waals surface area contributed by atoms with Gasteiger partial charge in [-0.05, 0) is 36.6 Å². The van der Waals surface area contributed by atoms with Gasteiger partial charge in [-0.25, -0.2) is 4.79 Å². The van der Waals surface area contributed by atoms with Gasteiger partial charge in [0.1, 0.15) is 17.8 Å². The van der Waals surface area contributed by atoms with Crippen LogP contribution in [0.4, 0.5) is 0 Å². The predicted octanol–water partition coefficient (Wildman–Crippen LogP) is -0.478. The highest BCUT2D eigenvalue weighted by atomic mass is 16.4. The molecule has 0 aliphatic carbocycles. The molecule has 0 radical (unpaired) electrons. The molecule has 2 rings (SSSR count). The Bertz CT molecular complexity index is 936. The number of carbonyl (C=O) groups is 4. The molecule has 12 heteroatoms. The van der Waals surface area contributed by atoms with Crippen molar-refractivity contribution >= 4 is 23.8 Å². The highest BCUT2D eigenvalue weighted by Crippen LogP contribution is 2.10. The van der Waals surface area contributed by atoms with Crippen LogP contribution in [-0.2, 0) is 32.0 Å². The Balaban J connectivity index is 0.000000567. The first-order chi connectivity index (χ1) is 16.4. The molecule has 1 amide bonds. The highest BCUT2D eigenvalue weighted by molar-refractivity contribution is 5.86. The molecule has 192 valence electrons. The summed E-state index contributed by atoms with van der Waals surface area (Å²) in [6.45, 7) is 1.23. The fourth-order valence-corrected chi connectivity index (χ4v) is 2.33. The van der Waals surface area contributed by atoms with E-state index in [1.807, 2.05) is 30.3 Å². The Morgan fingerprint density at radius 2 is 1.31 bits per heavy atom. The number of carbonyl (C=O) groups excluding carboxylic acids is 1. The van der Waals surface area contributed by atoms with E-state index in [-0.39, 0.29) is 25.1 Å². The lowest BCUT2D eigenvalue weighted by atomic mass is 10.1. The number of amides is 1. The van der Waals surface area contributed by atoms with E-state index in [0.717, 1.165) is 11.1 Å². The zero-order chi connectivity index (χ0) is 27.0. The lowest BCUT2D eigenvalue weighted by Gasteiger charge is -2.16. The molecule has 0 spiro atoms. The lowest BCUT2D eigenvalue weighted by Crippen LogP contribution is -2.48. The Labute approximate surface area is 202 Å². The van der Waals surface area contributed by atoms with Crippen molar-refractivity contribution < 1.29 is 39.6 Å². The van der Waals surface area contributed by atoms with E-state index in [0.29, 0.717) is 0 Å². The minimum absolute atomic E-state index is 0.160. The number of aromatic hydroxyl groups is 1. The van der Waals surface area contributed by atoms with E-state index in [2.05, 4.69) is 11.1 Å². The van der Waals surface area contributed by atoms with E-state index < -0.39 is 41.9 Å². The predicted molar refractivity (Wildman–Crippen MR) is 127 cm³/mol. The largest absolute Gasteiger partial charge is 0.508 e. The summed E-state index contributed by atoms with van der Waals surface area (Å²) in [6, 6.07) is 12.9. The van der Waals surface area contributed by atoms with Gasteiger partial charge in [0.05, 0.1) is 12.6 Å². The molecule has 0 aromatic heterocycles. The molecule has 0 saturated carbocycles. The number of nitrogens with two attached hydrogens (primary N) is 3. The van der Waals surface area contributed by atoms with Crippen LogP contribution in [0.15, 0.2) is 54.6 Å². The molecule has 35 heavy (non-hydrogen) atoms. The number of phenols is 1. The summed E-state index contributed by atoms with van der Waals surface area (Å²) in [6.07, 6.45) is 0.518. The summed E-state index contributed by atoms with van der Waals surface area (Å²) in [5.41, 5.74) is 16.9. The van der Waals surface area contributed by atoms with Crippen LogP contribution in [0.2, 0.25) is 0 Å². The van der Waals surface area contributed by atoms with Crippen molar-refractivity contribution in [3.8, 4) is 5.75 Å². The zero-order valence-electron chi connectivity index (χ0n) is 19.2. The van der Waals surface area contributed by atoms with Gasteiger partial charge in [-0.1, -0.05) is 42.5 Å². The molecule has 0 fully saturated rings.